The molecule has 4 aromatic rings. The third-order valence-electron chi connectivity index (χ3n) is 6.08. The first-order valence-corrected chi connectivity index (χ1v) is 11.9. The summed E-state index contributed by atoms with van der Waals surface area (Å²) in [6, 6.07) is 28.0. The minimum atomic E-state index is -0.451. The lowest BCUT2D eigenvalue weighted by Crippen LogP contribution is -2.34. The number of hydrogen-bond acceptors (Lipinski definition) is 4. The van der Waals surface area contributed by atoms with E-state index in [-0.39, 0.29) is 18.0 Å². The summed E-state index contributed by atoms with van der Waals surface area (Å²) in [6.45, 7) is 2.40. The molecule has 0 spiro atoms. The summed E-state index contributed by atoms with van der Waals surface area (Å²) in [6.07, 6.45) is 0.479. The zero-order valence-corrected chi connectivity index (χ0v) is 20.5. The lowest BCUT2D eigenvalue weighted by atomic mass is 10.1. The van der Waals surface area contributed by atoms with Crippen LogP contribution in [-0.4, -0.2) is 17.4 Å². The van der Waals surface area contributed by atoms with Gasteiger partial charge < -0.3 is 9.64 Å². The molecule has 4 aromatic carbocycles. The highest BCUT2D eigenvalue weighted by atomic mass is 19.1. The van der Waals surface area contributed by atoms with Crippen molar-refractivity contribution in [2.45, 2.75) is 26.4 Å². The van der Waals surface area contributed by atoms with Crippen LogP contribution in [-0.2, 0) is 24.2 Å². The summed E-state index contributed by atoms with van der Waals surface area (Å²) >= 11 is 0. The van der Waals surface area contributed by atoms with Crippen LogP contribution in [0.2, 0.25) is 0 Å². The zero-order valence-electron chi connectivity index (χ0n) is 20.5. The fourth-order valence-electron chi connectivity index (χ4n) is 4.07. The van der Waals surface area contributed by atoms with Crippen LogP contribution in [0, 0.1) is 22.9 Å². The van der Waals surface area contributed by atoms with Crippen molar-refractivity contribution in [3.8, 4) is 5.75 Å². The highest BCUT2D eigenvalue weighted by Gasteiger charge is 2.19. The van der Waals surface area contributed by atoms with Crippen molar-refractivity contribution in [2.24, 2.45) is 0 Å². The lowest BCUT2D eigenvalue weighted by molar-refractivity contribution is -0.385. The Labute approximate surface area is 215 Å². The first-order valence-electron chi connectivity index (χ1n) is 11.9. The van der Waals surface area contributed by atoms with Crippen molar-refractivity contribution in [3.05, 3.63) is 135 Å². The number of aryl methyl sites for hydroxylation is 1. The molecule has 37 heavy (non-hydrogen) atoms. The van der Waals surface area contributed by atoms with Gasteiger partial charge in [-0.05, 0) is 60.4 Å². The van der Waals surface area contributed by atoms with Gasteiger partial charge in [-0.2, -0.15) is 0 Å². The summed E-state index contributed by atoms with van der Waals surface area (Å²) in [5, 5.41) is 11.3. The van der Waals surface area contributed by atoms with Gasteiger partial charge in [0.2, 0.25) is 5.91 Å². The molecule has 0 saturated carbocycles. The molecule has 0 heterocycles. The number of anilines is 1. The molecule has 0 aliphatic rings. The average molecular weight is 499 g/mol. The number of hydrogen-bond donors (Lipinski definition) is 0. The molecule has 0 aliphatic carbocycles. The third kappa shape index (κ3) is 6.79. The molecule has 1 amide bonds. The second-order valence-electron chi connectivity index (χ2n) is 8.71. The van der Waals surface area contributed by atoms with Crippen molar-refractivity contribution in [2.75, 3.05) is 11.4 Å². The quantitative estimate of drug-likeness (QED) is 0.186. The summed E-state index contributed by atoms with van der Waals surface area (Å²) in [7, 11) is 0. The largest absolute Gasteiger partial charge is 0.489 e. The number of rotatable bonds is 10. The Kier molecular flexibility index (Phi) is 8.26. The number of ether oxygens (including phenoxy) is 1. The molecule has 0 aliphatic heterocycles. The van der Waals surface area contributed by atoms with E-state index in [4.69, 9.17) is 4.74 Å². The van der Waals surface area contributed by atoms with Gasteiger partial charge in [-0.3, -0.25) is 14.9 Å². The van der Waals surface area contributed by atoms with Gasteiger partial charge in [0.25, 0.3) is 5.69 Å². The molecule has 4 rings (SSSR count). The number of halogens is 1. The Hall–Kier alpha value is -4.52. The number of carbonyl (C=O) groups is 1. The highest BCUT2D eigenvalue weighted by molar-refractivity contribution is 5.94. The molecule has 6 nitrogen and oxygen atoms in total. The van der Waals surface area contributed by atoms with Gasteiger partial charge >= 0.3 is 0 Å². The second kappa shape index (κ2) is 11.9. The van der Waals surface area contributed by atoms with Crippen molar-refractivity contribution < 1.29 is 18.8 Å². The maximum Gasteiger partial charge on any atom is 0.272 e. The number of nitro benzene ring substituents is 1. The van der Waals surface area contributed by atoms with Crippen LogP contribution >= 0.6 is 0 Å². The Bertz CT molecular complexity index is 1370. The van der Waals surface area contributed by atoms with Gasteiger partial charge in [0.1, 0.15) is 18.2 Å². The van der Waals surface area contributed by atoms with Crippen LogP contribution in [0.5, 0.6) is 5.75 Å². The molecular weight excluding hydrogens is 471 g/mol. The van der Waals surface area contributed by atoms with E-state index in [9.17, 15) is 19.3 Å². The maximum atomic E-state index is 13.6. The third-order valence-corrected chi connectivity index (χ3v) is 6.08. The van der Waals surface area contributed by atoms with Crippen LogP contribution in [0.3, 0.4) is 0 Å². The summed E-state index contributed by atoms with van der Waals surface area (Å²) in [5.41, 5.74) is 3.58. The Morgan fingerprint density at radius 3 is 2.35 bits per heavy atom. The van der Waals surface area contributed by atoms with Gasteiger partial charge in [-0.15, -0.1) is 0 Å². The molecule has 0 N–H and O–H groups in total. The fourth-order valence-corrected chi connectivity index (χ4v) is 4.07. The van der Waals surface area contributed by atoms with Crippen molar-refractivity contribution >= 4 is 17.3 Å². The molecule has 0 unspecified atom stereocenters. The van der Waals surface area contributed by atoms with E-state index in [0.717, 1.165) is 16.9 Å². The van der Waals surface area contributed by atoms with Crippen molar-refractivity contribution in [1.82, 2.24) is 0 Å². The molecule has 0 atom stereocenters. The monoisotopic (exact) mass is 498 g/mol. The van der Waals surface area contributed by atoms with Gasteiger partial charge in [0.15, 0.2) is 0 Å². The number of benzene rings is 4. The standard InChI is InChI=1S/C30H27FN2O4/c1-22-11-12-24(19-28(22)33(35)36)20-30(34)32(27-15-13-26(31)14-16-27)18-17-25-9-5-6-10-29(25)37-21-23-7-3-2-4-8-23/h2-16,19H,17-18,20-21H2,1H3. The summed E-state index contributed by atoms with van der Waals surface area (Å²) < 4.78 is 19.7. The zero-order chi connectivity index (χ0) is 26.2. The van der Waals surface area contributed by atoms with E-state index >= 15 is 0 Å². The molecule has 188 valence electrons. The van der Waals surface area contributed by atoms with Crippen LogP contribution in [0.25, 0.3) is 0 Å². The molecule has 0 saturated heterocycles. The normalized spacial score (nSPS) is 10.6. The van der Waals surface area contributed by atoms with Gasteiger partial charge in [0, 0.05) is 23.9 Å². The van der Waals surface area contributed by atoms with Crippen LogP contribution < -0.4 is 9.64 Å². The minimum absolute atomic E-state index is 0.0232. The number of para-hydroxylation sites is 1. The first kappa shape index (κ1) is 25.6. The van der Waals surface area contributed by atoms with E-state index in [1.807, 2.05) is 54.6 Å². The van der Waals surface area contributed by atoms with Crippen LogP contribution in [0.4, 0.5) is 15.8 Å². The Balaban J connectivity index is 1.53. The molecule has 0 aromatic heterocycles. The number of nitrogens with zero attached hydrogens (tertiary/aromatic N) is 2. The molecule has 7 heteroatoms. The lowest BCUT2D eigenvalue weighted by Gasteiger charge is -2.24. The van der Waals surface area contributed by atoms with Crippen molar-refractivity contribution in [1.29, 1.82) is 0 Å². The van der Waals surface area contributed by atoms with E-state index in [2.05, 4.69) is 0 Å². The van der Waals surface area contributed by atoms with E-state index in [1.165, 1.54) is 18.2 Å². The Morgan fingerprint density at radius 1 is 0.919 bits per heavy atom. The predicted molar refractivity (Wildman–Crippen MR) is 141 cm³/mol. The maximum absolute atomic E-state index is 13.6. The van der Waals surface area contributed by atoms with Gasteiger partial charge in [-0.1, -0.05) is 60.7 Å². The second-order valence-corrected chi connectivity index (χ2v) is 8.71. The minimum Gasteiger partial charge on any atom is -0.489 e. The number of amides is 1. The number of nitro groups is 1. The molecule has 0 bridgehead atoms. The first-order chi connectivity index (χ1) is 17.9. The Morgan fingerprint density at radius 2 is 1.62 bits per heavy atom. The van der Waals surface area contributed by atoms with Gasteiger partial charge in [-0.25, -0.2) is 4.39 Å². The van der Waals surface area contributed by atoms with E-state index in [0.29, 0.717) is 36.4 Å². The predicted octanol–water partition coefficient (Wildman–Crippen LogP) is 6.44. The summed E-state index contributed by atoms with van der Waals surface area (Å²) in [5.74, 6) is 0.0874. The SMILES string of the molecule is Cc1ccc(CC(=O)N(CCc2ccccc2OCc2ccccc2)c2ccc(F)cc2)cc1[N+](=O)[O-]. The van der Waals surface area contributed by atoms with E-state index < -0.39 is 10.7 Å². The smallest absolute Gasteiger partial charge is 0.272 e. The van der Waals surface area contributed by atoms with Crippen LogP contribution in [0.1, 0.15) is 22.3 Å². The van der Waals surface area contributed by atoms with Crippen molar-refractivity contribution in [3.63, 3.8) is 0 Å². The molecule has 0 radical (unpaired) electrons. The average Bonchev–Trinajstić information content (AvgIpc) is 2.90. The van der Waals surface area contributed by atoms with E-state index in [1.54, 1.807) is 36.1 Å². The van der Waals surface area contributed by atoms with Gasteiger partial charge in [0.05, 0.1) is 11.3 Å². The highest BCUT2D eigenvalue weighted by Crippen LogP contribution is 2.24. The van der Waals surface area contributed by atoms with Crippen LogP contribution in [0.15, 0.2) is 97.1 Å². The number of carbonyl (C=O) groups excluding carboxylic acids is 1. The fraction of sp³-hybridized carbons (Fsp3) is 0.167. The summed E-state index contributed by atoms with van der Waals surface area (Å²) in [4.78, 5) is 25.9. The topological polar surface area (TPSA) is 72.7 Å². The molecular formula is C30H27FN2O4. The molecule has 0 fully saturated rings.